The monoisotopic (exact) mass is 404 g/mol. The average Bonchev–Trinajstić information content (AvgIpc) is 2.50. The number of hydrogen-bond acceptors (Lipinski definition) is 3. The van der Waals surface area contributed by atoms with Crippen LogP contribution in [0.2, 0.25) is 10.0 Å². The van der Waals surface area contributed by atoms with Crippen molar-refractivity contribution >= 4 is 44.8 Å². The molecule has 1 amide bonds. The molecule has 5 nitrogen and oxygen atoms in total. The Kier molecular flexibility index (Phi) is 6.40. The minimum absolute atomic E-state index is 0.215. The largest absolute Gasteiger partial charge is 0.322 e. The Labute approximate surface area is 155 Å². The Morgan fingerprint density at radius 3 is 2.36 bits per heavy atom. The Bertz CT molecular complexity index is 870. The quantitative estimate of drug-likeness (QED) is 0.800. The van der Waals surface area contributed by atoms with Gasteiger partial charge < -0.3 is 5.32 Å². The molecule has 0 fully saturated rings. The van der Waals surface area contributed by atoms with E-state index in [4.69, 9.17) is 23.2 Å². The van der Waals surface area contributed by atoms with E-state index in [9.17, 15) is 17.6 Å². The molecule has 0 spiro atoms. The topological polar surface area (TPSA) is 66.5 Å². The first kappa shape index (κ1) is 19.7. The fourth-order valence-electron chi connectivity index (χ4n) is 2.04. The summed E-state index contributed by atoms with van der Waals surface area (Å²) in [6.45, 7) is -0.431. The molecule has 9 heteroatoms. The molecule has 0 aliphatic heterocycles. The zero-order valence-corrected chi connectivity index (χ0v) is 15.5. The lowest BCUT2D eigenvalue weighted by atomic mass is 10.2. The summed E-state index contributed by atoms with van der Waals surface area (Å²) in [7, 11) is -2.53. The van der Waals surface area contributed by atoms with Crippen molar-refractivity contribution in [3.8, 4) is 0 Å². The maximum atomic E-state index is 13.2. The third-order valence-electron chi connectivity index (χ3n) is 3.31. The van der Waals surface area contributed by atoms with E-state index in [1.54, 1.807) is 18.2 Å². The van der Waals surface area contributed by atoms with E-state index in [-0.39, 0.29) is 15.7 Å². The van der Waals surface area contributed by atoms with E-state index < -0.39 is 34.0 Å². The highest BCUT2D eigenvalue weighted by Gasteiger charge is 2.22. The van der Waals surface area contributed by atoms with Crippen molar-refractivity contribution < 1.29 is 17.6 Å². The van der Waals surface area contributed by atoms with E-state index in [1.165, 1.54) is 25.2 Å². The number of benzene rings is 2. The lowest BCUT2D eigenvalue weighted by molar-refractivity contribution is -0.116. The van der Waals surface area contributed by atoms with Crippen molar-refractivity contribution in [3.05, 3.63) is 63.9 Å². The number of likely N-dealkylation sites (N-methyl/N-ethyl adjacent to an activating group) is 1. The van der Waals surface area contributed by atoms with Gasteiger partial charge >= 0.3 is 0 Å². The van der Waals surface area contributed by atoms with Crippen molar-refractivity contribution in [2.75, 3.05) is 18.9 Å². The van der Waals surface area contributed by atoms with Gasteiger partial charge in [0.1, 0.15) is 5.82 Å². The van der Waals surface area contributed by atoms with Crippen LogP contribution in [-0.4, -0.2) is 32.2 Å². The highest BCUT2D eigenvalue weighted by molar-refractivity contribution is 7.88. The third-order valence-corrected chi connectivity index (χ3v) is 5.71. The molecule has 25 heavy (non-hydrogen) atoms. The van der Waals surface area contributed by atoms with Gasteiger partial charge in [-0.2, -0.15) is 4.31 Å². The van der Waals surface area contributed by atoms with Crippen LogP contribution >= 0.6 is 23.2 Å². The first-order chi connectivity index (χ1) is 11.7. The molecule has 1 N–H and O–H groups in total. The van der Waals surface area contributed by atoms with Gasteiger partial charge in [0.15, 0.2) is 0 Å². The van der Waals surface area contributed by atoms with Crippen molar-refractivity contribution in [1.82, 2.24) is 4.31 Å². The molecule has 0 radical (unpaired) electrons. The van der Waals surface area contributed by atoms with Gasteiger partial charge in [-0.15, -0.1) is 0 Å². The van der Waals surface area contributed by atoms with E-state index in [0.717, 1.165) is 10.4 Å². The molecule has 0 atom stereocenters. The highest BCUT2D eigenvalue weighted by Crippen LogP contribution is 2.29. The van der Waals surface area contributed by atoms with Gasteiger partial charge in [0.25, 0.3) is 0 Å². The lowest BCUT2D eigenvalue weighted by Gasteiger charge is -2.17. The van der Waals surface area contributed by atoms with E-state index >= 15 is 0 Å². The van der Waals surface area contributed by atoms with Crippen LogP contribution in [0.15, 0.2) is 42.5 Å². The van der Waals surface area contributed by atoms with Crippen molar-refractivity contribution in [1.29, 1.82) is 0 Å². The van der Waals surface area contributed by atoms with Gasteiger partial charge in [-0.25, -0.2) is 12.8 Å². The summed E-state index contributed by atoms with van der Waals surface area (Å²) in [6, 6.07) is 10.00. The Hall–Kier alpha value is -1.67. The second-order valence-electron chi connectivity index (χ2n) is 5.29. The lowest BCUT2D eigenvalue weighted by Crippen LogP contribution is -2.35. The predicted molar refractivity (Wildman–Crippen MR) is 96.7 cm³/mol. The summed E-state index contributed by atoms with van der Waals surface area (Å²) >= 11 is 11.9. The van der Waals surface area contributed by atoms with Gasteiger partial charge in [0.2, 0.25) is 15.9 Å². The van der Waals surface area contributed by atoms with Crippen LogP contribution in [0.5, 0.6) is 0 Å². The minimum Gasteiger partial charge on any atom is -0.322 e. The zero-order chi connectivity index (χ0) is 18.6. The molecule has 0 bridgehead atoms. The first-order valence-electron chi connectivity index (χ1n) is 7.11. The molecule has 0 saturated heterocycles. The van der Waals surface area contributed by atoms with Crippen LogP contribution in [0.3, 0.4) is 0 Å². The van der Waals surface area contributed by atoms with Gasteiger partial charge in [0.05, 0.1) is 28.0 Å². The highest BCUT2D eigenvalue weighted by atomic mass is 35.5. The molecule has 0 unspecified atom stereocenters. The van der Waals surface area contributed by atoms with Crippen molar-refractivity contribution in [2.24, 2.45) is 0 Å². The number of halogens is 3. The summed E-state index contributed by atoms with van der Waals surface area (Å²) in [5.41, 5.74) is 0.508. The van der Waals surface area contributed by atoms with E-state index in [1.807, 2.05) is 0 Å². The smallest absolute Gasteiger partial charge is 0.239 e. The summed E-state index contributed by atoms with van der Waals surface area (Å²) in [6.07, 6.45) is 0. The van der Waals surface area contributed by atoms with Gasteiger partial charge in [-0.3, -0.25) is 4.79 Å². The molecule has 2 aromatic rings. The molecule has 2 aromatic carbocycles. The molecular formula is C16H15Cl2FN2O3S. The number of sulfonamides is 1. The predicted octanol–water partition coefficient (Wildman–Crippen LogP) is 3.53. The van der Waals surface area contributed by atoms with Crippen molar-refractivity contribution in [2.45, 2.75) is 5.75 Å². The molecule has 0 aliphatic rings. The summed E-state index contributed by atoms with van der Waals surface area (Å²) in [5.74, 6) is -1.54. The maximum Gasteiger partial charge on any atom is 0.239 e. The molecule has 134 valence electrons. The van der Waals surface area contributed by atoms with E-state index in [2.05, 4.69) is 5.32 Å². The normalized spacial score (nSPS) is 11.6. The fourth-order valence-corrected chi connectivity index (χ4v) is 3.67. The summed E-state index contributed by atoms with van der Waals surface area (Å²) < 4.78 is 38.7. The molecule has 0 saturated carbocycles. The number of hydrogen-bond donors (Lipinski definition) is 1. The van der Waals surface area contributed by atoms with Crippen LogP contribution in [-0.2, 0) is 20.6 Å². The molecule has 2 rings (SSSR count). The molecule has 0 aromatic heterocycles. The Morgan fingerprint density at radius 1 is 1.16 bits per heavy atom. The van der Waals surface area contributed by atoms with E-state index in [0.29, 0.717) is 5.56 Å². The number of carbonyl (C=O) groups excluding carboxylic acids is 1. The number of rotatable bonds is 6. The summed E-state index contributed by atoms with van der Waals surface area (Å²) in [4.78, 5) is 12.1. The van der Waals surface area contributed by atoms with Gasteiger partial charge in [-0.05, 0) is 29.8 Å². The zero-order valence-electron chi connectivity index (χ0n) is 13.2. The Balaban J connectivity index is 2.05. The fraction of sp³-hybridized carbons (Fsp3) is 0.188. The molecule has 0 aliphatic carbocycles. The van der Waals surface area contributed by atoms with Crippen LogP contribution in [0.25, 0.3) is 0 Å². The third kappa shape index (κ3) is 5.40. The number of nitrogens with zero attached hydrogens (tertiary/aromatic N) is 1. The van der Waals surface area contributed by atoms with Crippen LogP contribution in [0, 0.1) is 5.82 Å². The number of amides is 1. The standard InChI is InChI=1S/C16H15Cl2FN2O3S/c1-21(25(23,24)10-11-4-2-5-12(19)8-11)9-15(22)20-16-13(17)6-3-7-14(16)18/h2-8H,9-10H2,1H3,(H,20,22). The number of carbonyl (C=O) groups is 1. The second-order valence-corrected chi connectivity index (χ2v) is 8.18. The number of anilines is 1. The van der Waals surface area contributed by atoms with Gasteiger partial charge in [0, 0.05) is 7.05 Å². The van der Waals surface area contributed by atoms with Gasteiger partial charge in [-0.1, -0.05) is 41.4 Å². The first-order valence-corrected chi connectivity index (χ1v) is 9.48. The SMILES string of the molecule is CN(CC(=O)Nc1c(Cl)cccc1Cl)S(=O)(=O)Cc1cccc(F)c1. The maximum absolute atomic E-state index is 13.2. The molecular weight excluding hydrogens is 390 g/mol. The second kappa shape index (κ2) is 8.14. The van der Waals surface area contributed by atoms with Crippen LogP contribution in [0.4, 0.5) is 10.1 Å². The summed E-state index contributed by atoms with van der Waals surface area (Å²) in [5, 5.41) is 2.97. The average molecular weight is 405 g/mol. The number of nitrogens with one attached hydrogen (secondary N) is 1. The molecule has 0 heterocycles. The minimum atomic E-state index is -3.80. The van der Waals surface area contributed by atoms with Crippen LogP contribution in [0.1, 0.15) is 5.56 Å². The van der Waals surface area contributed by atoms with Crippen molar-refractivity contribution in [3.63, 3.8) is 0 Å². The number of para-hydroxylation sites is 1. The Morgan fingerprint density at radius 2 is 1.76 bits per heavy atom. The van der Waals surface area contributed by atoms with Crippen LogP contribution < -0.4 is 5.32 Å².